The van der Waals surface area contributed by atoms with Crippen LogP contribution in [0.4, 0.5) is 0 Å². The Kier molecular flexibility index (Phi) is 5.23. The Bertz CT molecular complexity index is 291. The molecule has 0 aliphatic rings. The summed E-state index contributed by atoms with van der Waals surface area (Å²) in [7, 11) is 0. The van der Waals surface area contributed by atoms with Gasteiger partial charge < -0.3 is 5.32 Å². The monoisotopic (exact) mass is 290 g/mol. The van der Waals surface area contributed by atoms with Gasteiger partial charge in [0.25, 0.3) is 0 Å². The van der Waals surface area contributed by atoms with E-state index in [0.29, 0.717) is 0 Å². The highest BCUT2D eigenvalue weighted by molar-refractivity contribution is 9.09. The Morgan fingerprint density at radius 1 is 1.47 bits per heavy atom. The molecule has 0 amide bonds. The fourth-order valence-electron chi connectivity index (χ4n) is 1.12. The van der Waals surface area contributed by atoms with Gasteiger partial charge in [-0.15, -0.1) is 11.3 Å². The van der Waals surface area contributed by atoms with Crippen molar-refractivity contribution in [2.45, 2.75) is 39.2 Å². The van der Waals surface area contributed by atoms with Gasteiger partial charge in [0.15, 0.2) is 0 Å². The summed E-state index contributed by atoms with van der Waals surface area (Å²) in [5.74, 6) is 0. The topological polar surface area (TPSA) is 24.9 Å². The molecule has 0 unspecified atom stereocenters. The standard InChI is InChI=1S/C11H19BrN2S/c1-11(2,3)9-8-15-10(14-9)7-13-6-4-5-12/h8,13H,4-7H2,1-3H3. The zero-order chi connectivity index (χ0) is 11.3. The van der Waals surface area contributed by atoms with Gasteiger partial charge in [-0.05, 0) is 13.0 Å². The van der Waals surface area contributed by atoms with Gasteiger partial charge in [-0.2, -0.15) is 0 Å². The van der Waals surface area contributed by atoms with Gasteiger partial charge in [0.2, 0.25) is 0 Å². The van der Waals surface area contributed by atoms with Crippen molar-refractivity contribution in [2.75, 3.05) is 11.9 Å². The van der Waals surface area contributed by atoms with Crippen molar-refractivity contribution in [2.24, 2.45) is 0 Å². The number of thiazole rings is 1. The molecule has 0 bridgehead atoms. The van der Waals surface area contributed by atoms with E-state index in [4.69, 9.17) is 0 Å². The number of rotatable bonds is 5. The van der Waals surface area contributed by atoms with Crippen LogP contribution in [0.1, 0.15) is 37.9 Å². The van der Waals surface area contributed by atoms with Crippen molar-refractivity contribution in [1.29, 1.82) is 0 Å². The largest absolute Gasteiger partial charge is 0.310 e. The summed E-state index contributed by atoms with van der Waals surface area (Å²) in [6.07, 6.45) is 1.16. The van der Waals surface area contributed by atoms with E-state index < -0.39 is 0 Å². The predicted molar refractivity (Wildman–Crippen MR) is 70.9 cm³/mol. The predicted octanol–water partition coefficient (Wildman–Crippen LogP) is 3.32. The second-order valence-corrected chi connectivity index (χ2v) is 6.33. The van der Waals surface area contributed by atoms with Crippen LogP contribution in [0.25, 0.3) is 0 Å². The van der Waals surface area contributed by atoms with Crippen LogP contribution in [0.15, 0.2) is 5.38 Å². The van der Waals surface area contributed by atoms with Gasteiger partial charge in [-0.25, -0.2) is 4.98 Å². The molecule has 1 aromatic rings. The lowest BCUT2D eigenvalue weighted by Crippen LogP contribution is -2.16. The van der Waals surface area contributed by atoms with Crippen molar-refractivity contribution in [3.8, 4) is 0 Å². The summed E-state index contributed by atoms with van der Waals surface area (Å²) < 4.78 is 0. The molecule has 15 heavy (non-hydrogen) atoms. The van der Waals surface area contributed by atoms with Crippen molar-refractivity contribution in [3.63, 3.8) is 0 Å². The van der Waals surface area contributed by atoms with E-state index in [1.807, 2.05) is 0 Å². The van der Waals surface area contributed by atoms with Crippen molar-refractivity contribution >= 4 is 27.3 Å². The van der Waals surface area contributed by atoms with Crippen molar-refractivity contribution in [1.82, 2.24) is 10.3 Å². The minimum atomic E-state index is 0.171. The van der Waals surface area contributed by atoms with E-state index in [1.165, 1.54) is 10.7 Å². The molecule has 0 saturated heterocycles. The van der Waals surface area contributed by atoms with Crippen LogP contribution >= 0.6 is 27.3 Å². The smallest absolute Gasteiger partial charge is 0.107 e. The molecule has 1 rings (SSSR count). The van der Waals surface area contributed by atoms with Crippen LogP contribution in [0, 0.1) is 0 Å². The van der Waals surface area contributed by atoms with Gasteiger partial charge in [0.05, 0.1) is 5.69 Å². The maximum atomic E-state index is 4.62. The first kappa shape index (κ1) is 13.1. The second kappa shape index (κ2) is 5.97. The van der Waals surface area contributed by atoms with Gasteiger partial charge in [-0.3, -0.25) is 0 Å². The minimum Gasteiger partial charge on any atom is -0.310 e. The lowest BCUT2D eigenvalue weighted by molar-refractivity contribution is 0.568. The normalized spacial score (nSPS) is 12.0. The zero-order valence-corrected chi connectivity index (χ0v) is 12.0. The average molecular weight is 291 g/mol. The number of nitrogens with one attached hydrogen (secondary N) is 1. The number of nitrogens with zero attached hydrogens (tertiary/aromatic N) is 1. The first-order valence-corrected chi connectivity index (χ1v) is 7.25. The number of aromatic nitrogens is 1. The van der Waals surface area contributed by atoms with E-state index in [2.05, 4.69) is 52.4 Å². The molecule has 0 aliphatic heterocycles. The molecular formula is C11H19BrN2S. The highest BCUT2D eigenvalue weighted by atomic mass is 79.9. The molecule has 0 atom stereocenters. The third-order valence-corrected chi connectivity index (χ3v) is 3.49. The van der Waals surface area contributed by atoms with Crippen LogP contribution in [-0.4, -0.2) is 16.9 Å². The molecule has 0 aliphatic carbocycles. The third-order valence-electron chi connectivity index (χ3n) is 2.08. The summed E-state index contributed by atoms with van der Waals surface area (Å²) in [6.45, 7) is 8.54. The summed E-state index contributed by atoms with van der Waals surface area (Å²) >= 11 is 5.16. The number of hydrogen-bond acceptors (Lipinski definition) is 3. The Balaban J connectivity index is 2.40. The van der Waals surface area contributed by atoms with Crippen molar-refractivity contribution in [3.05, 3.63) is 16.1 Å². The van der Waals surface area contributed by atoms with E-state index in [1.54, 1.807) is 11.3 Å². The lowest BCUT2D eigenvalue weighted by atomic mass is 9.93. The Morgan fingerprint density at radius 3 is 2.73 bits per heavy atom. The molecule has 1 heterocycles. The minimum absolute atomic E-state index is 0.171. The molecule has 86 valence electrons. The average Bonchev–Trinajstić information content (AvgIpc) is 2.60. The SMILES string of the molecule is CC(C)(C)c1csc(CNCCCBr)n1. The number of alkyl halides is 1. The van der Waals surface area contributed by atoms with Gasteiger partial charge in [0.1, 0.15) is 5.01 Å². The summed E-state index contributed by atoms with van der Waals surface area (Å²) in [5.41, 5.74) is 1.37. The molecule has 0 saturated carbocycles. The van der Waals surface area contributed by atoms with Crippen LogP contribution < -0.4 is 5.32 Å². The van der Waals surface area contributed by atoms with E-state index >= 15 is 0 Å². The summed E-state index contributed by atoms with van der Waals surface area (Å²) in [4.78, 5) is 4.62. The lowest BCUT2D eigenvalue weighted by Gasteiger charge is -2.14. The molecule has 0 fully saturated rings. The second-order valence-electron chi connectivity index (χ2n) is 4.60. The summed E-state index contributed by atoms with van der Waals surface area (Å²) in [6, 6.07) is 0. The fraction of sp³-hybridized carbons (Fsp3) is 0.727. The number of halogens is 1. The first-order chi connectivity index (χ1) is 7.04. The molecule has 1 aromatic heterocycles. The highest BCUT2D eigenvalue weighted by Gasteiger charge is 2.16. The summed E-state index contributed by atoms with van der Waals surface area (Å²) in [5, 5.41) is 7.80. The van der Waals surface area contributed by atoms with Gasteiger partial charge in [0, 0.05) is 22.7 Å². The molecule has 2 nitrogen and oxygen atoms in total. The van der Waals surface area contributed by atoms with Crippen molar-refractivity contribution < 1.29 is 0 Å². The first-order valence-electron chi connectivity index (χ1n) is 5.25. The van der Waals surface area contributed by atoms with Crippen LogP contribution in [0.2, 0.25) is 0 Å². The van der Waals surface area contributed by atoms with E-state index in [-0.39, 0.29) is 5.41 Å². The van der Waals surface area contributed by atoms with Crippen LogP contribution in [0.5, 0.6) is 0 Å². The molecule has 1 N–H and O–H groups in total. The molecule has 4 heteroatoms. The Hall–Kier alpha value is 0.0700. The number of hydrogen-bond donors (Lipinski definition) is 1. The van der Waals surface area contributed by atoms with E-state index in [0.717, 1.165) is 24.8 Å². The third kappa shape index (κ3) is 4.62. The quantitative estimate of drug-likeness (QED) is 0.665. The van der Waals surface area contributed by atoms with Gasteiger partial charge >= 0.3 is 0 Å². The molecule has 0 aromatic carbocycles. The van der Waals surface area contributed by atoms with Crippen LogP contribution in [-0.2, 0) is 12.0 Å². The molecule has 0 radical (unpaired) electrons. The molecule has 0 spiro atoms. The fourth-order valence-corrected chi connectivity index (χ4v) is 2.39. The highest BCUT2D eigenvalue weighted by Crippen LogP contribution is 2.23. The molecular weight excluding hydrogens is 272 g/mol. The Labute approximate surface area is 105 Å². The maximum Gasteiger partial charge on any atom is 0.107 e. The Morgan fingerprint density at radius 2 is 2.20 bits per heavy atom. The van der Waals surface area contributed by atoms with Crippen LogP contribution in [0.3, 0.4) is 0 Å². The maximum absolute atomic E-state index is 4.62. The van der Waals surface area contributed by atoms with E-state index in [9.17, 15) is 0 Å². The zero-order valence-electron chi connectivity index (χ0n) is 9.64. The van der Waals surface area contributed by atoms with Gasteiger partial charge in [-0.1, -0.05) is 36.7 Å².